The van der Waals surface area contributed by atoms with Gasteiger partial charge in [-0.1, -0.05) is 6.07 Å². The molecule has 4 rings (SSSR count). The number of hydrogen-bond donors (Lipinski definition) is 1. The zero-order valence-corrected chi connectivity index (χ0v) is 19.3. The highest BCUT2D eigenvalue weighted by atomic mass is 32.2. The summed E-state index contributed by atoms with van der Waals surface area (Å²) in [5.41, 5.74) is -0.652. The molecule has 0 aromatic heterocycles. The van der Waals surface area contributed by atoms with Crippen LogP contribution in [0.2, 0.25) is 0 Å². The molecule has 10 nitrogen and oxygen atoms in total. The van der Waals surface area contributed by atoms with Gasteiger partial charge in [0.2, 0.25) is 10.0 Å². The normalized spacial score (nSPS) is 20.2. The lowest BCUT2D eigenvalue weighted by Gasteiger charge is -2.25. The van der Waals surface area contributed by atoms with Crippen molar-refractivity contribution in [2.45, 2.75) is 17.4 Å². The van der Waals surface area contributed by atoms with Crippen LogP contribution in [0.1, 0.15) is 12.5 Å². The van der Waals surface area contributed by atoms with Crippen molar-refractivity contribution in [3.8, 4) is 17.2 Å². The Morgan fingerprint density at radius 3 is 2.39 bits per heavy atom. The highest BCUT2D eigenvalue weighted by Gasteiger charge is 2.49. The summed E-state index contributed by atoms with van der Waals surface area (Å²) >= 11 is 0. The SMILES string of the molecule is CN(C)S(=O)(=O)c1ccc(OCCN2C(=O)N[C@](C)(c3ccc4c(c3)OCCO4)C2=O)cc1. The van der Waals surface area contributed by atoms with E-state index < -0.39 is 27.5 Å². The van der Waals surface area contributed by atoms with Gasteiger partial charge < -0.3 is 19.5 Å². The molecule has 176 valence electrons. The van der Waals surface area contributed by atoms with Gasteiger partial charge in [0, 0.05) is 14.1 Å². The first-order chi connectivity index (χ1) is 15.6. The molecule has 0 radical (unpaired) electrons. The molecule has 0 unspecified atom stereocenters. The number of amides is 3. The number of fused-ring (bicyclic) bond motifs is 1. The summed E-state index contributed by atoms with van der Waals surface area (Å²) in [6.07, 6.45) is 0. The van der Waals surface area contributed by atoms with Crippen LogP contribution in [-0.4, -0.2) is 70.0 Å². The molecule has 2 aliphatic heterocycles. The molecule has 3 amide bonds. The van der Waals surface area contributed by atoms with E-state index in [1.54, 1.807) is 25.1 Å². The number of ether oxygens (including phenoxy) is 3. The molecule has 11 heteroatoms. The number of sulfonamides is 1. The largest absolute Gasteiger partial charge is 0.492 e. The molecule has 2 aromatic carbocycles. The summed E-state index contributed by atoms with van der Waals surface area (Å²) in [6, 6.07) is 10.6. The van der Waals surface area contributed by atoms with E-state index in [4.69, 9.17) is 14.2 Å². The molecule has 1 saturated heterocycles. The van der Waals surface area contributed by atoms with Gasteiger partial charge in [-0.2, -0.15) is 0 Å². The Kier molecular flexibility index (Phi) is 5.93. The Morgan fingerprint density at radius 2 is 1.73 bits per heavy atom. The third kappa shape index (κ3) is 4.21. The molecule has 0 bridgehead atoms. The summed E-state index contributed by atoms with van der Waals surface area (Å²) in [6.45, 7) is 2.60. The molecule has 1 N–H and O–H groups in total. The first-order valence-corrected chi connectivity index (χ1v) is 11.8. The van der Waals surface area contributed by atoms with Crippen LogP contribution in [0.25, 0.3) is 0 Å². The third-order valence-corrected chi connectivity index (χ3v) is 7.41. The van der Waals surface area contributed by atoms with Crippen molar-refractivity contribution in [3.05, 3.63) is 48.0 Å². The number of urea groups is 1. The number of rotatable bonds is 7. The Balaban J connectivity index is 1.41. The van der Waals surface area contributed by atoms with E-state index in [1.165, 1.54) is 38.4 Å². The van der Waals surface area contributed by atoms with Crippen molar-refractivity contribution in [1.82, 2.24) is 14.5 Å². The van der Waals surface area contributed by atoms with Gasteiger partial charge in [-0.25, -0.2) is 17.5 Å². The van der Waals surface area contributed by atoms with Crippen molar-refractivity contribution in [1.29, 1.82) is 0 Å². The Morgan fingerprint density at radius 1 is 1.06 bits per heavy atom. The molecular formula is C22H25N3O7S. The fourth-order valence-electron chi connectivity index (χ4n) is 3.62. The van der Waals surface area contributed by atoms with E-state index in [2.05, 4.69) is 5.32 Å². The molecule has 2 aromatic rings. The maximum absolute atomic E-state index is 13.1. The molecule has 0 spiro atoms. The molecular weight excluding hydrogens is 450 g/mol. The van der Waals surface area contributed by atoms with Crippen molar-refractivity contribution < 1.29 is 32.2 Å². The number of hydrogen-bond acceptors (Lipinski definition) is 7. The lowest BCUT2D eigenvalue weighted by Crippen LogP contribution is -2.41. The molecule has 2 heterocycles. The first kappa shape index (κ1) is 22.9. The number of carbonyl (C=O) groups is 2. The third-order valence-electron chi connectivity index (χ3n) is 5.58. The summed E-state index contributed by atoms with van der Waals surface area (Å²) < 4.78 is 42.1. The molecule has 33 heavy (non-hydrogen) atoms. The van der Waals surface area contributed by atoms with Gasteiger partial charge >= 0.3 is 6.03 Å². The number of imide groups is 1. The van der Waals surface area contributed by atoms with E-state index in [9.17, 15) is 18.0 Å². The van der Waals surface area contributed by atoms with Crippen molar-refractivity contribution in [2.75, 3.05) is 40.5 Å². The summed E-state index contributed by atoms with van der Waals surface area (Å²) in [5.74, 6) is 1.15. The summed E-state index contributed by atoms with van der Waals surface area (Å²) in [7, 11) is -0.622. The average molecular weight is 476 g/mol. The highest BCUT2D eigenvalue weighted by molar-refractivity contribution is 7.89. The zero-order valence-electron chi connectivity index (χ0n) is 18.5. The fourth-order valence-corrected chi connectivity index (χ4v) is 4.53. The van der Waals surface area contributed by atoms with Gasteiger partial charge in [-0.05, 0) is 48.9 Å². The van der Waals surface area contributed by atoms with Crippen molar-refractivity contribution >= 4 is 22.0 Å². The van der Waals surface area contributed by atoms with E-state index in [0.29, 0.717) is 36.0 Å². The van der Waals surface area contributed by atoms with Crippen molar-refractivity contribution in [3.63, 3.8) is 0 Å². The quantitative estimate of drug-likeness (QED) is 0.605. The monoisotopic (exact) mass is 475 g/mol. The molecule has 0 aliphatic carbocycles. The van der Waals surface area contributed by atoms with Gasteiger partial charge in [0.15, 0.2) is 11.5 Å². The Hall–Kier alpha value is -3.31. The zero-order chi connectivity index (χ0) is 23.8. The predicted molar refractivity (Wildman–Crippen MR) is 118 cm³/mol. The second-order valence-corrected chi connectivity index (χ2v) is 10.1. The minimum absolute atomic E-state index is 0.0303. The van der Waals surface area contributed by atoms with Gasteiger partial charge in [0.05, 0.1) is 11.4 Å². The average Bonchev–Trinajstić information content (AvgIpc) is 3.02. The molecule has 1 atom stereocenters. The standard InChI is InChI=1S/C22H25N3O7S/c1-22(15-4-9-18-19(14-15)32-13-12-31-18)20(26)25(21(27)23-22)10-11-30-16-5-7-17(8-6-16)33(28,29)24(2)3/h4-9,14H,10-13H2,1-3H3,(H,23,27)/t22-/m1/s1. The smallest absolute Gasteiger partial charge is 0.325 e. The van der Waals surface area contributed by atoms with Crippen molar-refractivity contribution in [2.24, 2.45) is 0 Å². The van der Waals surface area contributed by atoms with Crippen LogP contribution in [0.15, 0.2) is 47.4 Å². The first-order valence-electron chi connectivity index (χ1n) is 10.3. The number of nitrogens with zero attached hydrogens (tertiary/aromatic N) is 2. The molecule has 0 saturated carbocycles. The second-order valence-electron chi connectivity index (χ2n) is 7.98. The topological polar surface area (TPSA) is 114 Å². The second kappa shape index (κ2) is 8.56. The van der Waals surface area contributed by atoms with E-state index >= 15 is 0 Å². The van der Waals surface area contributed by atoms with Crippen LogP contribution in [0.4, 0.5) is 4.79 Å². The summed E-state index contributed by atoms with van der Waals surface area (Å²) in [4.78, 5) is 26.9. The van der Waals surface area contributed by atoms with E-state index in [-0.39, 0.29) is 18.0 Å². The van der Waals surface area contributed by atoms with Gasteiger partial charge in [-0.3, -0.25) is 9.69 Å². The summed E-state index contributed by atoms with van der Waals surface area (Å²) in [5, 5.41) is 2.75. The van der Waals surface area contributed by atoms with Gasteiger partial charge in [-0.15, -0.1) is 0 Å². The fraction of sp³-hybridized carbons (Fsp3) is 0.364. The highest BCUT2D eigenvalue weighted by Crippen LogP contribution is 2.36. The number of benzene rings is 2. The minimum atomic E-state index is -3.53. The Labute approximate surface area is 192 Å². The molecule has 1 fully saturated rings. The predicted octanol–water partition coefficient (Wildman–Crippen LogP) is 1.55. The van der Waals surface area contributed by atoms with Gasteiger partial charge in [0.25, 0.3) is 5.91 Å². The lowest BCUT2D eigenvalue weighted by atomic mass is 9.91. The molecule has 2 aliphatic rings. The maximum Gasteiger partial charge on any atom is 0.325 e. The number of nitrogens with one attached hydrogen (secondary N) is 1. The van der Waals surface area contributed by atoms with Crippen LogP contribution in [0, 0.1) is 0 Å². The van der Waals surface area contributed by atoms with Crippen LogP contribution in [0.3, 0.4) is 0 Å². The van der Waals surface area contributed by atoms with E-state index in [0.717, 1.165) is 9.21 Å². The Bertz CT molecular complexity index is 1180. The van der Waals surface area contributed by atoms with Crippen LogP contribution in [-0.2, 0) is 20.4 Å². The maximum atomic E-state index is 13.1. The van der Waals surface area contributed by atoms with Crippen LogP contribution < -0.4 is 19.5 Å². The van der Waals surface area contributed by atoms with E-state index in [1.807, 2.05) is 0 Å². The lowest BCUT2D eigenvalue weighted by molar-refractivity contribution is -0.131. The van der Waals surface area contributed by atoms with Crippen LogP contribution >= 0.6 is 0 Å². The minimum Gasteiger partial charge on any atom is -0.492 e. The number of carbonyl (C=O) groups excluding carboxylic acids is 2. The van der Waals surface area contributed by atoms with Crippen LogP contribution in [0.5, 0.6) is 17.2 Å². The van der Waals surface area contributed by atoms with Gasteiger partial charge in [0.1, 0.15) is 31.1 Å².